The van der Waals surface area contributed by atoms with Crippen molar-refractivity contribution in [2.24, 2.45) is 5.73 Å². The Morgan fingerprint density at radius 1 is 1.04 bits per heavy atom. The number of primary amides is 1. The number of benzene rings is 2. The Morgan fingerprint density at radius 3 is 2.19 bits per heavy atom. The molecule has 1 aliphatic rings. The number of carbonyl (C=O) groups is 4. The molecule has 2 N–H and O–H groups in total. The number of hydrogen-bond donors (Lipinski definition) is 1. The first-order valence-corrected chi connectivity index (χ1v) is 7.56. The molecule has 0 radical (unpaired) electrons. The Bertz CT molecular complexity index is 902. The van der Waals surface area contributed by atoms with E-state index >= 15 is 0 Å². The maximum Gasteiger partial charge on any atom is 0.331 e. The van der Waals surface area contributed by atoms with Crippen molar-refractivity contribution in [3.63, 3.8) is 0 Å². The smallest absolute Gasteiger partial charge is 0.331 e. The normalized spacial score (nSPS) is 12.7. The minimum absolute atomic E-state index is 0.0264. The molecule has 0 aromatic heterocycles. The van der Waals surface area contributed by atoms with Gasteiger partial charge in [-0.05, 0) is 24.3 Å². The Labute approximate surface area is 148 Å². The second-order valence-electron chi connectivity index (χ2n) is 5.44. The summed E-state index contributed by atoms with van der Waals surface area (Å²) in [6, 6.07) is 10.4. The van der Waals surface area contributed by atoms with E-state index in [1.165, 1.54) is 37.4 Å². The lowest BCUT2D eigenvalue weighted by Crippen LogP contribution is -2.36. The summed E-state index contributed by atoms with van der Waals surface area (Å²) in [6.07, 6.45) is 0. The van der Waals surface area contributed by atoms with Crippen molar-refractivity contribution in [3.05, 3.63) is 59.2 Å². The van der Waals surface area contributed by atoms with Crippen LogP contribution in [0.4, 0.5) is 0 Å². The second kappa shape index (κ2) is 6.67. The number of nitrogens with two attached hydrogens (primary N) is 1. The highest BCUT2D eigenvalue weighted by molar-refractivity contribution is 6.22. The van der Waals surface area contributed by atoms with E-state index < -0.39 is 30.2 Å². The summed E-state index contributed by atoms with van der Waals surface area (Å²) < 4.78 is 10.2. The maximum atomic E-state index is 12.3. The van der Waals surface area contributed by atoms with Gasteiger partial charge < -0.3 is 15.2 Å². The zero-order valence-corrected chi connectivity index (χ0v) is 13.7. The third kappa shape index (κ3) is 3.00. The van der Waals surface area contributed by atoms with Gasteiger partial charge in [0, 0.05) is 6.07 Å². The zero-order valence-electron chi connectivity index (χ0n) is 13.7. The van der Waals surface area contributed by atoms with Crippen LogP contribution in [0.3, 0.4) is 0 Å². The lowest BCUT2D eigenvalue weighted by Gasteiger charge is -2.14. The number of rotatable bonds is 5. The number of carbonyl (C=O) groups excluding carboxylic acids is 4. The number of esters is 1. The minimum Gasteiger partial charge on any atom is -0.497 e. The molecule has 0 unspecified atom stereocenters. The van der Waals surface area contributed by atoms with E-state index in [-0.39, 0.29) is 22.4 Å². The summed E-state index contributed by atoms with van der Waals surface area (Å²) in [5.74, 6) is -2.62. The number of amides is 3. The molecule has 0 spiro atoms. The molecular weight excluding hydrogens is 340 g/mol. The highest BCUT2D eigenvalue weighted by Gasteiger charge is 2.36. The van der Waals surface area contributed by atoms with Gasteiger partial charge in [-0.3, -0.25) is 19.3 Å². The van der Waals surface area contributed by atoms with Gasteiger partial charge in [0.1, 0.15) is 18.0 Å². The van der Waals surface area contributed by atoms with Gasteiger partial charge in [-0.1, -0.05) is 12.1 Å². The lowest BCUT2D eigenvalue weighted by molar-refractivity contribution is -0.134. The fraction of sp³-hybridized carbons (Fsp3) is 0.111. The van der Waals surface area contributed by atoms with Crippen LogP contribution in [0.25, 0.3) is 0 Å². The summed E-state index contributed by atoms with van der Waals surface area (Å²) in [7, 11) is 1.41. The van der Waals surface area contributed by atoms with E-state index in [1.807, 2.05) is 0 Å². The molecule has 1 heterocycles. The molecule has 8 nitrogen and oxygen atoms in total. The fourth-order valence-electron chi connectivity index (χ4n) is 2.58. The predicted molar refractivity (Wildman–Crippen MR) is 89.0 cm³/mol. The summed E-state index contributed by atoms with van der Waals surface area (Å²) >= 11 is 0. The maximum absolute atomic E-state index is 12.3. The van der Waals surface area contributed by atoms with Crippen molar-refractivity contribution in [1.29, 1.82) is 0 Å². The molecule has 1 aliphatic heterocycles. The van der Waals surface area contributed by atoms with Crippen molar-refractivity contribution in [1.82, 2.24) is 4.90 Å². The van der Waals surface area contributed by atoms with Crippen LogP contribution in [0.15, 0.2) is 42.5 Å². The van der Waals surface area contributed by atoms with Crippen LogP contribution in [-0.2, 0) is 4.79 Å². The largest absolute Gasteiger partial charge is 0.497 e. The molecule has 26 heavy (non-hydrogen) atoms. The van der Waals surface area contributed by atoms with Gasteiger partial charge in [0.2, 0.25) is 0 Å². The van der Waals surface area contributed by atoms with Crippen molar-refractivity contribution in [2.75, 3.05) is 13.7 Å². The SMILES string of the molecule is COc1ccc(C(N)=O)c(OC(=O)CN2C(=O)c3ccccc3C2=O)c1. The summed E-state index contributed by atoms with van der Waals surface area (Å²) in [5, 5.41) is 0. The first kappa shape index (κ1) is 17.2. The van der Waals surface area contributed by atoms with Gasteiger partial charge in [-0.25, -0.2) is 4.79 Å². The molecule has 3 amide bonds. The third-order valence-corrected chi connectivity index (χ3v) is 3.84. The summed E-state index contributed by atoms with van der Waals surface area (Å²) in [5.41, 5.74) is 5.68. The highest BCUT2D eigenvalue weighted by Crippen LogP contribution is 2.26. The quantitative estimate of drug-likeness (QED) is 0.486. The minimum atomic E-state index is -0.893. The van der Waals surface area contributed by atoms with Crippen molar-refractivity contribution >= 4 is 23.7 Å². The average molecular weight is 354 g/mol. The van der Waals surface area contributed by atoms with E-state index in [0.29, 0.717) is 5.75 Å². The van der Waals surface area contributed by atoms with Gasteiger partial charge >= 0.3 is 5.97 Å². The number of nitrogens with zero attached hydrogens (tertiary/aromatic N) is 1. The first-order chi connectivity index (χ1) is 12.4. The standard InChI is InChI=1S/C18H14N2O6/c1-25-10-6-7-13(16(19)22)14(8-10)26-15(21)9-20-17(23)11-4-2-3-5-12(11)18(20)24/h2-8H,9H2,1H3,(H2,19,22). The van der Waals surface area contributed by atoms with Gasteiger partial charge in [-0.2, -0.15) is 0 Å². The molecule has 0 aliphatic carbocycles. The molecule has 0 saturated carbocycles. The topological polar surface area (TPSA) is 116 Å². The van der Waals surface area contributed by atoms with Crippen molar-refractivity contribution in [2.45, 2.75) is 0 Å². The molecule has 0 atom stereocenters. The van der Waals surface area contributed by atoms with Crippen LogP contribution in [-0.4, -0.2) is 42.2 Å². The Balaban J connectivity index is 1.79. The molecule has 2 aromatic rings. The lowest BCUT2D eigenvalue weighted by atomic mass is 10.1. The van der Waals surface area contributed by atoms with Gasteiger partial charge in [0.25, 0.3) is 17.7 Å². The molecular formula is C18H14N2O6. The van der Waals surface area contributed by atoms with E-state index in [0.717, 1.165) is 4.90 Å². The van der Waals surface area contributed by atoms with Crippen molar-refractivity contribution < 1.29 is 28.7 Å². The first-order valence-electron chi connectivity index (χ1n) is 7.56. The van der Waals surface area contributed by atoms with Crippen molar-refractivity contribution in [3.8, 4) is 11.5 Å². The fourth-order valence-corrected chi connectivity index (χ4v) is 2.58. The molecule has 8 heteroatoms. The number of ether oxygens (including phenoxy) is 2. The average Bonchev–Trinajstić information content (AvgIpc) is 2.86. The molecule has 0 bridgehead atoms. The van der Waals surface area contributed by atoms with E-state index in [2.05, 4.69) is 0 Å². The van der Waals surface area contributed by atoms with Gasteiger partial charge in [0.05, 0.1) is 23.8 Å². The van der Waals surface area contributed by atoms with E-state index in [9.17, 15) is 19.2 Å². The molecule has 132 valence electrons. The molecule has 0 saturated heterocycles. The highest BCUT2D eigenvalue weighted by atomic mass is 16.5. The van der Waals surface area contributed by atoms with Crippen LogP contribution in [0.1, 0.15) is 31.1 Å². The monoisotopic (exact) mass is 354 g/mol. The third-order valence-electron chi connectivity index (χ3n) is 3.84. The molecule has 2 aromatic carbocycles. The van der Waals surface area contributed by atoms with Crippen LogP contribution >= 0.6 is 0 Å². The second-order valence-corrected chi connectivity index (χ2v) is 5.44. The van der Waals surface area contributed by atoms with Crippen LogP contribution < -0.4 is 15.2 Å². The van der Waals surface area contributed by atoms with Crippen LogP contribution in [0.2, 0.25) is 0 Å². The number of fused-ring (bicyclic) bond motifs is 1. The summed E-state index contributed by atoms with van der Waals surface area (Å²) in [6.45, 7) is -0.595. The van der Waals surface area contributed by atoms with Crippen LogP contribution in [0.5, 0.6) is 11.5 Å². The Kier molecular flexibility index (Phi) is 4.40. The number of imide groups is 1. The Hall–Kier alpha value is -3.68. The van der Waals surface area contributed by atoms with Gasteiger partial charge in [-0.15, -0.1) is 0 Å². The zero-order chi connectivity index (χ0) is 18.8. The Morgan fingerprint density at radius 2 is 1.65 bits per heavy atom. The number of hydrogen-bond acceptors (Lipinski definition) is 6. The van der Waals surface area contributed by atoms with E-state index in [4.69, 9.17) is 15.2 Å². The molecule has 0 fully saturated rings. The van der Waals surface area contributed by atoms with Gasteiger partial charge in [0.15, 0.2) is 0 Å². The number of methoxy groups -OCH3 is 1. The predicted octanol–water partition coefficient (Wildman–Crippen LogP) is 0.996. The van der Waals surface area contributed by atoms with Crippen LogP contribution in [0, 0.1) is 0 Å². The molecule has 3 rings (SSSR count). The van der Waals surface area contributed by atoms with E-state index in [1.54, 1.807) is 12.1 Å². The summed E-state index contributed by atoms with van der Waals surface area (Å²) in [4.78, 5) is 49.0.